The fourth-order valence-corrected chi connectivity index (χ4v) is 5.88. The number of piperidine rings is 2. The molecule has 7 heteroatoms. The molecule has 1 aromatic carbocycles. The number of ether oxygens (including phenoxy) is 2. The summed E-state index contributed by atoms with van der Waals surface area (Å²) in [5.41, 5.74) is 2.30. The van der Waals surface area contributed by atoms with E-state index < -0.39 is 5.60 Å². The van der Waals surface area contributed by atoms with Crippen molar-refractivity contribution in [3.05, 3.63) is 35.5 Å². The molecule has 33 heavy (non-hydrogen) atoms. The normalized spacial score (nSPS) is 25.3. The van der Waals surface area contributed by atoms with Gasteiger partial charge in [0.25, 0.3) is 5.91 Å². The Hall–Kier alpha value is -2.54. The van der Waals surface area contributed by atoms with Gasteiger partial charge in [-0.2, -0.15) is 0 Å². The van der Waals surface area contributed by atoms with Crippen LogP contribution in [-0.2, 0) is 22.6 Å². The number of carbonyl (C=O) groups is 2. The van der Waals surface area contributed by atoms with Gasteiger partial charge < -0.3 is 24.3 Å². The average molecular weight is 454 g/mol. The molecule has 7 nitrogen and oxygen atoms in total. The number of benzene rings is 1. The highest BCUT2D eigenvalue weighted by Gasteiger charge is 2.43. The minimum atomic E-state index is -0.507. The van der Waals surface area contributed by atoms with Gasteiger partial charge in [0.05, 0.1) is 17.9 Å². The third kappa shape index (κ3) is 4.35. The summed E-state index contributed by atoms with van der Waals surface area (Å²) >= 11 is 0. The van der Waals surface area contributed by atoms with Crippen LogP contribution >= 0.6 is 0 Å². The fraction of sp³-hybridized carbons (Fsp3) is 0.615. The van der Waals surface area contributed by atoms with Gasteiger partial charge in [0.15, 0.2) is 0 Å². The molecule has 3 aliphatic rings. The maximum absolute atomic E-state index is 13.6. The van der Waals surface area contributed by atoms with Crippen molar-refractivity contribution < 1.29 is 19.1 Å². The summed E-state index contributed by atoms with van der Waals surface area (Å²) in [6.45, 7) is 7.75. The van der Waals surface area contributed by atoms with Crippen LogP contribution in [-0.4, -0.2) is 51.8 Å². The minimum absolute atomic E-state index is 0.0285. The van der Waals surface area contributed by atoms with Gasteiger partial charge in [-0.25, -0.2) is 4.79 Å². The molecule has 0 spiro atoms. The minimum Gasteiger partial charge on any atom is -0.444 e. The number of hydrogen-bond acceptors (Lipinski definition) is 4. The van der Waals surface area contributed by atoms with Crippen LogP contribution in [0.2, 0.25) is 0 Å². The number of para-hydroxylation sites is 1. The molecule has 1 aromatic heterocycles. The van der Waals surface area contributed by atoms with Gasteiger partial charge in [0.2, 0.25) is 0 Å². The third-order valence-electron chi connectivity index (χ3n) is 7.13. The highest BCUT2D eigenvalue weighted by atomic mass is 16.6. The van der Waals surface area contributed by atoms with Crippen LogP contribution in [0.15, 0.2) is 24.3 Å². The lowest BCUT2D eigenvalue weighted by molar-refractivity contribution is -0.0229. The van der Waals surface area contributed by atoms with Crippen molar-refractivity contribution in [3.8, 4) is 0 Å². The molecule has 2 saturated heterocycles. The van der Waals surface area contributed by atoms with Gasteiger partial charge in [0.1, 0.15) is 5.60 Å². The molecule has 178 valence electrons. The number of carbonyl (C=O) groups excluding carboxylic acids is 2. The first-order valence-electron chi connectivity index (χ1n) is 12.3. The van der Waals surface area contributed by atoms with Crippen molar-refractivity contribution in [2.45, 2.75) is 96.2 Å². The second kappa shape index (κ2) is 8.67. The molecule has 3 aliphatic heterocycles. The predicted molar refractivity (Wildman–Crippen MR) is 126 cm³/mol. The van der Waals surface area contributed by atoms with Crippen molar-refractivity contribution in [2.24, 2.45) is 0 Å². The first-order valence-corrected chi connectivity index (χ1v) is 12.3. The molecule has 5 rings (SSSR count). The van der Waals surface area contributed by atoms with Crippen molar-refractivity contribution in [1.82, 2.24) is 14.8 Å². The van der Waals surface area contributed by atoms with Crippen molar-refractivity contribution in [1.29, 1.82) is 0 Å². The molecule has 1 N–H and O–H groups in total. The fourth-order valence-electron chi connectivity index (χ4n) is 5.88. The van der Waals surface area contributed by atoms with Crippen LogP contribution in [0.1, 0.15) is 75.3 Å². The van der Waals surface area contributed by atoms with Crippen molar-refractivity contribution in [3.63, 3.8) is 0 Å². The number of fused-ring (bicyclic) bond motifs is 5. The van der Waals surface area contributed by atoms with E-state index in [2.05, 4.69) is 16.0 Å². The summed E-state index contributed by atoms with van der Waals surface area (Å²) in [4.78, 5) is 28.4. The molecule has 0 aliphatic carbocycles. The smallest absolute Gasteiger partial charge is 0.410 e. The van der Waals surface area contributed by atoms with Crippen LogP contribution in [0.25, 0.3) is 10.9 Å². The predicted octanol–water partition coefficient (Wildman–Crippen LogP) is 4.61. The Morgan fingerprint density at radius 2 is 1.82 bits per heavy atom. The number of hydrogen-bond donors (Lipinski definition) is 1. The van der Waals surface area contributed by atoms with Gasteiger partial charge in [0, 0.05) is 42.2 Å². The molecule has 2 fully saturated rings. The lowest BCUT2D eigenvalue weighted by Crippen LogP contribution is -2.59. The largest absolute Gasteiger partial charge is 0.444 e. The summed E-state index contributed by atoms with van der Waals surface area (Å²) in [6.07, 6.45) is 5.30. The molecule has 2 unspecified atom stereocenters. The first-order chi connectivity index (χ1) is 15.8. The van der Waals surface area contributed by atoms with Crippen LogP contribution < -0.4 is 5.32 Å². The SMILES string of the molecule is CC(C)(C)OC(=O)N1C2CCCC1CC(NC(=O)c1c3n(c4ccccc14)CCCOC3)C2. The highest BCUT2D eigenvalue weighted by molar-refractivity contribution is 6.08. The number of aryl methyl sites for hydroxylation is 1. The van der Waals surface area contributed by atoms with E-state index in [-0.39, 0.29) is 30.1 Å². The summed E-state index contributed by atoms with van der Waals surface area (Å²) in [5.74, 6) is -0.0285. The van der Waals surface area contributed by atoms with E-state index in [1.54, 1.807) is 0 Å². The Bertz CT molecular complexity index is 1040. The van der Waals surface area contributed by atoms with Crippen LogP contribution in [0, 0.1) is 0 Å². The zero-order valence-electron chi connectivity index (χ0n) is 19.9. The lowest BCUT2D eigenvalue weighted by atomic mass is 9.82. The Morgan fingerprint density at radius 1 is 1.09 bits per heavy atom. The molecule has 0 radical (unpaired) electrons. The molecule has 0 saturated carbocycles. The lowest BCUT2D eigenvalue weighted by Gasteiger charge is -2.48. The number of aromatic nitrogens is 1. The standard InChI is InChI=1S/C26H35N3O4/c1-26(2,3)33-25(31)29-18-8-6-9-19(29)15-17(14-18)27-24(30)23-20-10-4-5-11-21(20)28-12-7-13-32-16-22(23)28/h4-5,10-11,17-19H,6-9,12-16H2,1-3H3,(H,27,30). The first kappa shape index (κ1) is 22.3. The average Bonchev–Trinajstić information content (AvgIpc) is 2.87. The Kier molecular flexibility index (Phi) is 5.85. The number of rotatable bonds is 2. The number of amides is 2. The summed E-state index contributed by atoms with van der Waals surface area (Å²) < 4.78 is 13.8. The molecular weight excluding hydrogens is 418 g/mol. The zero-order valence-corrected chi connectivity index (χ0v) is 19.9. The Morgan fingerprint density at radius 3 is 2.55 bits per heavy atom. The van der Waals surface area contributed by atoms with Crippen molar-refractivity contribution in [2.75, 3.05) is 6.61 Å². The van der Waals surface area contributed by atoms with Crippen LogP contribution in [0.5, 0.6) is 0 Å². The molecule has 2 bridgehead atoms. The second-order valence-electron chi connectivity index (χ2n) is 10.7. The van der Waals surface area contributed by atoms with E-state index in [1.165, 1.54) is 0 Å². The molecule has 2 atom stereocenters. The van der Waals surface area contributed by atoms with E-state index in [9.17, 15) is 9.59 Å². The maximum atomic E-state index is 13.6. The van der Waals surface area contributed by atoms with Crippen molar-refractivity contribution >= 4 is 22.9 Å². The molecule has 2 aromatic rings. The maximum Gasteiger partial charge on any atom is 0.410 e. The zero-order chi connectivity index (χ0) is 23.2. The Balaban J connectivity index is 1.36. The number of nitrogens with one attached hydrogen (secondary N) is 1. The molecule has 2 amide bonds. The van der Waals surface area contributed by atoms with Crippen LogP contribution in [0.3, 0.4) is 0 Å². The van der Waals surface area contributed by atoms with E-state index in [0.717, 1.165) is 67.2 Å². The van der Waals surface area contributed by atoms with Gasteiger partial charge in [-0.15, -0.1) is 0 Å². The van der Waals surface area contributed by atoms with E-state index in [1.807, 2.05) is 43.9 Å². The summed E-state index contributed by atoms with van der Waals surface area (Å²) in [5, 5.41) is 4.32. The topological polar surface area (TPSA) is 72.8 Å². The van der Waals surface area contributed by atoms with E-state index in [0.29, 0.717) is 13.2 Å². The highest BCUT2D eigenvalue weighted by Crippen LogP contribution is 2.36. The summed E-state index contributed by atoms with van der Waals surface area (Å²) in [6, 6.07) is 8.41. The number of nitrogens with zero attached hydrogens (tertiary/aromatic N) is 2. The van der Waals surface area contributed by atoms with Gasteiger partial charge in [-0.1, -0.05) is 18.2 Å². The summed E-state index contributed by atoms with van der Waals surface area (Å²) in [7, 11) is 0. The van der Waals surface area contributed by atoms with Gasteiger partial charge in [-0.3, -0.25) is 4.79 Å². The van der Waals surface area contributed by atoms with Gasteiger partial charge in [-0.05, 0) is 65.4 Å². The quantitative estimate of drug-likeness (QED) is 0.721. The monoisotopic (exact) mass is 453 g/mol. The second-order valence-corrected chi connectivity index (χ2v) is 10.7. The van der Waals surface area contributed by atoms with E-state index >= 15 is 0 Å². The van der Waals surface area contributed by atoms with Gasteiger partial charge >= 0.3 is 6.09 Å². The van der Waals surface area contributed by atoms with Crippen LogP contribution in [0.4, 0.5) is 4.79 Å². The molecule has 4 heterocycles. The Labute approximate surface area is 195 Å². The molecular formula is C26H35N3O4. The third-order valence-corrected chi connectivity index (χ3v) is 7.13. The van der Waals surface area contributed by atoms with E-state index in [4.69, 9.17) is 9.47 Å².